The zero-order valence-electron chi connectivity index (χ0n) is 18.3. The van der Waals surface area contributed by atoms with Crippen LogP contribution in [0.25, 0.3) is 0 Å². The van der Waals surface area contributed by atoms with Crippen LogP contribution >= 0.6 is 0 Å². The summed E-state index contributed by atoms with van der Waals surface area (Å²) in [5, 5.41) is 19.2. The van der Waals surface area contributed by atoms with Gasteiger partial charge in [-0.3, -0.25) is 10.2 Å². The lowest BCUT2D eigenvalue weighted by Gasteiger charge is -2.23. The second kappa shape index (κ2) is 12.2. The highest BCUT2D eigenvalue weighted by atomic mass is 16.5. The van der Waals surface area contributed by atoms with Gasteiger partial charge in [0.25, 0.3) is 5.91 Å². The van der Waals surface area contributed by atoms with Gasteiger partial charge < -0.3 is 25.4 Å². The maximum absolute atomic E-state index is 12.7. The molecule has 1 atom stereocenters. The van der Waals surface area contributed by atoms with Crippen molar-refractivity contribution in [2.24, 2.45) is 5.73 Å². The van der Waals surface area contributed by atoms with Crippen LogP contribution in [0.4, 0.5) is 4.79 Å². The number of aromatic nitrogens is 1. The molecule has 5 N–H and O–H groups in total. The minimum atomic E-state index is -1.28. The fourth-order valence-electron chi connectivity index (χ4n) is 2.88. The molecule has 10 heteroatoms. The number of hydrogen-bond acceptors (Lipinski definition) is 7. The molecular weight excluding hydrogens is 440 g/mol. The first-order valence-electron chi connectivity index (χ1n) is 10.5. The van der Waals surface area contributed by atoms with Gasteiger partial charge >= 0.3 is 6.03 Å². The number of benzene rings is 2. The predicted octanol–water partition coefficient (Wildman–Crippen LogP) is 1.62. The van der Waals surface area contributed by atoms with Gasteiger partial charge in [-0.15, -0.1) is 0 Å². The van der Waals surface area contributed by atoms with E-state index in [2.05, 4.69) is 10.4 Å². The van der Waals surface area contributed by atoms with Gasteiger partial charge in [-0.2, -0.15) is 0 Å². The van der Waals surface area contributed by atoms with Crippen LogP contribution in [0.15, 0.2) is 72.9 Å². The number of rotatable bonds is 10. The first-order valence-corrected chi connectivity index (χ1v) is 10.5. The Balaban J connectivity index is 1.78. The SMILES string of the molecule is NC(=O)N(C[C@@H](O)CO)NC(=O)c1cc(OCc2ccccc2)c(OCc2ccccc2)cn1. The largest absolute Gasteiger partial charge is 0.485 e. The Labute approximate surface area is 196 Å². The van der Waals surface area contributed by atoms with Gasteiger partial charge in [-0.25, -0.2) is 14.8 Å². The van der Waals surface area contributed by atoms with E-state index in [1.54, 1.807) is 0 Å². The van der Waals surface area contributed by atoms with Gasteiger partial charge in [0.2, 0.25) is 0 Å². The number of hydrogen-bond donors (Lipinski definition) is 4. The maximum Gasteiger partial charge on any atom is 0.333 e. The number of carbonyl (C=O) groups excluding carboxylic acids is 2. The number of aliphatic hydroxyl groups is 2. The topological polar surface area (TPSA) is 147 Å². The van der Waals surface area contributed by atoms with E-state index >= 15 is 0 Å². The Kier molecular flexibility index (Phi) is 8.78. The Morgan fingerprint density at radius 2 is 1.53 bits per heavy atom. The molecule has 0 radical (unpaired) electrons. The summed E-state index contributed by atoms with van der Waals surface area (Å²) in [6.45, 7) is -0.510. The van der Waals surface area contributed by atoms with E-state index in [4.69, 9.17) is 20.3 Å². The summed E-state index contributed by atoms with van der Waals surface area (Å²) in [5.74, 6) is -0.150. The highest BCUT2D eigenvalue weighted by Gasteiger charge is 2.20. The third-order valence-electron chi connectivity index (χ3n) is 4.65. The number of carbonyl (C=O) groups is 2. The fourth-order valence-corrected chi connectivity index (χ4v) is 2.88. The van der Waals surface area contributed by atoms with Crippen molar-refractivity contribution in [1.29, 1.82) is 0 Å². The average molecular weight is 466 g/mol. The van der Waals surface area contributed by atoms with Gasteiger partial charge in [0.1, 0.15) is 18.9 Å². The molecule has 3 amide bonds. The molecule has 10 nitrogen and oxygen atoms in total. The Bertz CT molecular complexity index is 1080. The molecule has 34 heavy (non-hydrogen) atoms. The summed E-state index contributed by atoms with van der Waals surface area (Å²) < 4.78 is 11.8. The van der Waals surface area contributed by atoms with Crippen LogP contribution < -0.4 is 20.6 Å². The molecule has 3 aromatic rings. The predicted molar refractivity (Wildman–Crippen MR) is 123 cm³/mol. The average Bonchev–Trinajstić information content (AvgIpc) is 2.87. The summed E-state index contributed by atoms with van der Waals surface area (Å²) in [4.78, 5) is 28.4. The molecule has 0 bridgehead atoms. The molecule has 0 spiro atoms. The standard InChI is InChI=1S/C24H26N4O6/c25-24(32)28(13-19(30)14-29)27-23(31)20-11-21(33-15-17-7-3-1-4-8-17)22(12-26-20)34-16-18-9-5-2-6-10-18/h1-12,19,29-30H,13-16H2,(H2,25,32)(H,27,31)/t19-/m1/s1. The first-order chi connectivity index (χ1) is 16.5. The van der Waals surface area contributed by atoms with E-state index in [0.29, 0.717) is 10.8 Å². The van der Waals surface area contributed by atoms with Gasteiger partial charge in [0.05, 0.1) is 25.5 Å². The van der Waals surface area contributed by atoms with Crippen molar-refractivity contribution >= 4 is 11.9 Å². The lowest BCUT2D eigenvalue weighted by molar-refractivity contribution is 0.0501. The van der Waals surface area contributed by atoms with Gasteiger partial charge in [0.15, 0.2) is 11.5 Å². The van der Waals surface area contributed by atoms with E-state index in [-0.39, 0.29) is 24.7 Å². The molecule has 0 saturated heterocycles. The summed E-state index contributed by atoms with van der Waals surface area (Å²) in [7, 11) is 0. The van der Waals surface area contributed by atoms with Crippen molar-refractivity contribution in [3.8, 4) is 11.5 Å². The summed E-state index contributed by atoms with van der Waals surface area (Å²) in [5.41, 5.74) is 9.29. The van der Waals surface area contributed by atoms with Crippen molar-refractivity contribution in [1.82, 2.24) is 15.4 Å². The van der Waals surface area contributed by atoms with Crippen LogP contribution in [-0.2, 0) is 13.2 Å². The lowest BCUT2D eigenvalue weighted by Crippen LogP contribution is -2.52. The number of ether oxygens (including phenoxy) is 2. The van der Waals surface area contributed by atoms with Crippen LogP contribution in [-0.4, -0.2) is 51.4 Å². The highest BCUT2D eigenvalue weighted by molar-refractivity contribution is 5.93. The smallest absolute Gasteiger partial charge is 0.333 e. The second-order valence-corrected chi connectivity index (χ2v) is 7.29. The molecule has 0 fully saturated rings. The number of urea groups is 1. The van der Waals surface area contributed by atoms with Crippen molar-refractivity contribution in [2.75, 3.05) is 13.2 Å². The van der Waals surface area contributed by atoms with Crippen molar-refractivity contribution in [3.05, 3.63) is 89.7 Å². The van der Waals surface area contributed by atoms with E-state index in [0.717, 1.165) is 11.1 Å². The summed E-state index contributed by atoms with van der Waals surface area (Å²) >= 11 is 0. The quantitative estimate of drug-likeness (QED) is 0.332. The monoisotopic (exact) mass is 466 g/mol. The number of hydrazine groups is 1. The third kappa shape index (κ3) is 7.19. The second-order valence-electron chi connectivity index (χ2n) is 7.29. The van der Waals surface area contributed by atoms with Crippen LogP contribution in [0.5, 0.6) is 11.5 Å². The fraction of sp³-hybridized carbons (Fsp3) is 0.208. The van der Waals surface area contributed by atoms with Crippen LogP contribution in [0.3, 0.4) is 0 Å². The Hall–Kier alpha value is -4.15. The van der Waals surface area contributed by atoms with Crippen LogP contribution in [0, 0.1) is 0 Å². The third-order valence-corrected chi connectivity index (χ3v) is 4.65. The number of primary amides is 1. The molecule has 178 valence electrons. The molecule has 2 aromatic carbocycles. The zero-order valence-corrected chi connectivity index (χ0v) is 18.3. The minimum Gasteiger partial charge on any atom is -0.485 e. The van der Waals surface area contributed by atoms with Crippen molar-refractivity contribution < 1.29 is 29.3 Å². The maximum atomic E-state index is 12.7. The normalized spacial score (nSPS) is 11.4. The number of amides is 3. The van der Waals surface area contributed by atoms with Crippen LogP contribution in [0.1, 0.15) is 21.6 Å². The molecule has 1 heterocycles. The molecule has 0 unspecified atom stereocenters. The molecule has 0 saturated carbocycles. The molecule has 3 rings (SSSR count). The molecule has 0 aliphatic heterocycles. The number of nitrogens with two attached hydrogens (primary N) is 1. The van der Waals surface area contributed by atoms with E-state index in [9.17, 15) is 14.7 Å². The molecule has 1 aromatic heterocycles. The van der Waals surface area contributed by atoms with Crippen molar-refractivity contribution in [2.45, 2.75) is 19.3 Å². The number of nitrogens with one attached hydrogen (secondary N) is 1. The molecular formula is C24H26N4O6. The molecule has 0 aliphatic rings. The zero-order chi connectivity index (χ0) is 24.3. The summed E-state index contributed by atoms with van der Waals surface area (Å²) in [6.07, 6.45) is 0.0781. The minimum absolute atomic E-state index is 0.0696. The lowest BCUT2D eigenvalue weighted by atomic mass is 10.2. The van der Waals surface area contributed by atoms with Crippen LogP contribution in [0.2, 0.25) is 0 Å². The van der Waals surface area contributed by atoms with Crippen molar-refractivity contribution in [3.63, 3.8) is 0 Å². The number of pyridine rings is 1. The highest BCUT2D eigenvalue weighted by Crippen LogP contribution is 2.29. The molecule has 0 aliphatic carbocycles. The Morgan fingerprint density at radius 3 is 2.06 bits per heavy atom. The van der Waals surface area contributed by atoms with E-state index in [1.165, 1.54) is 12.3 Å². The van der Waals surface area contributed by atoms with Gasteiger partial charge in [-0.1, -0.05) is 60.7 Å². The van der Waals surface area contributed by atoms with E-state index < -0.39 is 31.2 Å². The first kappa shape index (κ1) is 24.5. The van der Waals surface area contributed by atoms with E-state index in [1.807, 2.05) is 60.7 Å². The van der Waals surface area contributed by atoms with Gasteiger partial charge in [0, 0.05) is 6.07 Å². The number of nitrogens with zero attached hydrogens (tertiary/aromatic N) is 2. The summed E-state index contributed by atoms with van der Waals surface area (Å²) in [6, 6.07) is 19.4. The van der Waals surface area contributed by atoms with Gasteiger partial charge in [-0.05, 0) is 11.1 Å². The number of aliphatic hydroxyl groups excluding tert-OH is 2. The Morgan fingerprint density at radius 1 is 0.971 bits per heavy atom.